The zero-order valence-corrected chi connectivity index (χ0v) is 19.7. The molecule has 2 N–H and O–H groups in total. The Bertz CT molecular complexity index is 1140. The lowest BCUT2D eigenvalue weighted by molar-refractivity contribution is -0.116. The van der Waals surface area contributed by atoms with Crippen molar-refractivity contribution < 1.29 is 19.1 Å². The molecule has 0 bridgehead atoms. The maximum atomic E-state index is 12.8. The van der Waals surface area contributed by atoms with E-state index in [1.165, 1.54) is 4.90 Å². The Hall–Kier alpha value is -3.84. The van der Waals surface area contributed by atoms with Gasteiger partial charge in [-0.25, -0.2) is 4.79 Å². The van der Waals surface area contributed by atoms with Crippen LogP contribution < -0.4 is 15.5 Å². The lowest BCUT2D eigenvalue weighted by atomic mass is 10.0. The number of halogens is 1. The molecule has 0 aromatic heterocycles. The number of nitrogens with zero attached hydrogens (tertiary/aromatic N) is 1. The predicted molar refractivity (Wildman–Crippen MR) is 133 cm³/mol. The SMILES string of the molecule is CCOC(=O)N(C)c1ccc(NC(=O)CC(NC(=O)c2ccccc2Cl)c2ccccc2)cc1. The fraction of sp³-hybridized carbons (Fsp3) is 0.192. The molecule has 3 rings (SSSR count). The minimum Gasteiger partial charge on any atom is -0.449 e. The molecule has 7 nitrogen and oxygen atoms in total. The highest BCUT2D eigenvalue weighted by molar-refractivity contribution is 6.33. The van der Waals surface area contributed by atoms with Gasteiger partial charge in [-0.1, -0.05) is 54.1 Å². The largest absolute Gasteiger partial charge is 0.449 e. The average molecular weight is 480 g/mol. The first-order chi connectivity index (χ1) is 16.4. The van der Waals surface area contributed by atoms with Gasteiger partial charge in [0.25, 0.3) is 5.91 Å². The average Bonchev–Trinajstić information content (AvgIpc) is 2.84. The predicted octanol–water partition coefficient (Wildman–Crippen LogP) is 5.43. The van der Waals surface area contributed by atoms with Crippen molar-refractivity contribution in [1.82, 2.24) is 5.32 Å². The van der Waals surface area contributed by atoms with Gasteiger partial charge in [0.2, 0.25) is 5.91 Å². The van der Waals surface area contributed by atoms with E-state index in [1.807, 2.05) is 30.3 Å². The molecule has 3 aromatic carbocycles. The van der Waals surface area contributed by atoms with E-state index in [9.17, 15) is 14.4 Å². The standard InChI is InChI=1S/C26H26ClN3O4/c1-3-34-26(33)30(2)20-15-13-19(14-16-20)28-24(31)17-23(18-9-5-4-6-10-18)29-25(32)21-11-7-8-12-22(21)27/h4-16,23H,3,17H2,1-2H3,(H,28,31)(H,29,32). The van der Waals surface area contributed by atoms with Crippen LogP contribution in [0.1, 0.15) is 35.3 Å². The van der Waals surface area contributed by atoms with Gasteiger partial charge in [-0.2, -0.15) is 0 Å². The third-order valence-electron chi connectivity index (χ3n) is 5.10. The summed E-state index contributed by atoms with van der Waals surface area (Å²) in [5, 5.41) is 6.09. The first-order valence-corrected chi connectivity index (χ1v) is 11.2. The second-order valence-electron chi connectivity index (χ2n) is 7.47. The molecule has 3 aromatic rings. The van der Waals surface area contributed by atoms with E-state index in [4.69, 9.17) is 16.3 Å². The van der Waals surface area contributed by atoms with Gasteiger partial charge < -0.3 is 15.4 Å². The lowest BCUT2D eigenvalue weighted by Gasteiger charge is -2.20. The van der Waals surface area contributed by atoms with E-state index < -0.39 is 12.1 Å². The van der Waals surface area contributed by atoms with Crippen molar-refractivity contribution in [1.29, 1.82) is 0 Å². The number of benzene rings is 3. The van der Waals surface area contributed by atoms with Crippen LogP contribution in [0.3, 0.4) is 0 Å². The van der Waals surface area contributed by atoms with E-state index >= 15 is 0 Å². The Morgan fingerprint density at radius 2 is 1.59 bits per heavy atom. The molecule has 0 aliphatic rings. The lowest BCUT2D eigenvalue weighted by Crippen LogP contribution is -2.31. The number of rotatable bonds is 8. The molecule has 3 amide bonds. The number of nitrogens with one attached hydrogen (secondary N) is 2. The van der Waals surface area contributed by atoms with Gasteiger partial charge in [-0.05, 0) is 48.9 Å². The first-order valence-electron chi connectivity index (χ1n) is 10.8. The Morgan fingerprint density at radius 1 is 0.941 bits per heavy atom. The van der Waals surface area contributed by atoms with Gasteiger partial charge in [-0.15, -0.1) is 0 Å². The second-order valence-corrected chi connectivity index (χ2v) is 7.88. The summed E-state index contributed by atoms with van der Waals surface area (Å²) in [6, 6.07) is 22.3. The Kier molecular flexibility index (Phi) is 8.65. The third-order valence-corrected chi connectivity index (χ3v) is 5.42. The van der Waals surface area contributed by atoms with Crippen molar-refractivity contribution in [2.24, 2.45) is 0 Å². The minimum absolute atomic E-state index is 0.0185. The number of hydrogen-bond donors (Lipinski definition) is 2. The molecule has 1 atom stereocenters. The molecule has 176 valence electrons. The third kappa shape index (κ3) is 6.59. The van der Waals surface area contributed by atoms with Crippen molar-refractivity contribution in [3.8, 4) is 0 Å². The van der Waals surface area contributed by atoms with Crippen molar-refractivity contribution in [2.75, 3.05) is 23.9 Å². The van der Waals surface area contributed by atoms with Crippen molar-refractivity contribution in [3.63, 3.8) is 0 Å². The van der Waals surface area contributed by atoms with Gasteiger partial charge >= 0.3 is 6.09 Å². The van der Waals surface area contributed by atoms with E-state index in [0.717, 1.165) is 5.56 Å². The molecule has 34 heavy (non-hydrogen) atoms. The smallest absolute Gasteiger partial charge is 0.413 e. The fourth-order valence-corrected chi connectivity index (χ4v) is 3.53. The van der Waals surface area contributed by atoms with Gasteiger partial charge in [0.1, 0.15) is 0 Å². The van der Waals surface area contributed by atoms with E-state index in [-0.39, 0.29) is 24.8 Å². The van der Waals surface area contributed by atoms with Crippen molar-refractivity contribution in [2.45, 2.75) is 19.4 Å². The Morgan fingerprint density at radius 3 is 2.24 bits per heavy atom. The van der Waals surface area contributed by atoms with Crippen LogP contribution in [0.25, 0.3) is 0 Å². The van der Waals surface area contributed by atoms with Gasteiger partial charge in [0.15, 0.2) is 0 Å². The Balaban J connectivity index is 1.69. The van der Waals surface area contributed by atoms with Crippen LogP contribution in [0.5, 0.6) is 0 Å². The number of carbonyl (C=O) groups excluding carboxylic acids is 3. The van der Waals surface area contributed by atoms with Gasteiger partial charge in [-0.3, -0.25) is 14.5 Å². The summed E-state index contributed by atoms with van der Waals surface area (Å²) in [6.45, 7) is 2.02. The molecule has 0 aliphatic heterocycles. The minimum atomic E-state index is -0.556. The van der Waals surface area contributed by atoms with E-state index in [1.54, 1.807) is 62.5 Å². The zero-order chi connectivity index (χ0) is 24.5. The molecule has 0 saturated heterocycles. The number of anilines is 2. The first kappa shape index (κ1) is 24.8. The topological polar surface area (TPSA) is 87.7 Å². The van der Waals surface area contributed by atoms with Crippen LogP contribution in [0, 0.1) is 0 Å². The summed E-state index contributed by atoms with van der Waals surface area (Å²) >= 11 is 6.16. The summed E-state index contributed by atoms with van der Waals surface area (Å²) in [5.74, 6) is -0.640. The number of ether oxygens (including phenoxy) is 1. The van der Waals surface area contributed by atoms with Crippen molar-refractivity contribution >= 4 is 40.9 Å². The highest BCUT2D eigenvalue weighted by Gasteiger charge is 2.21. The summed E-state index contributed by atoms with van der Waals surface area (Å²) in [6.07, 6.45) is -0.440. The summed E-state index contributed by atoms with van der Waals surface area (Å²) < 4.78 is 4.98. The monoisotopic (exact) mass is 479 g/mol. The maximum absolute atomic E-state index is 12.8. The summed E-state index contributed by atoms with van der Waals surface area (Å²) in [4.78, 5) is 38.9. The number of carbonyl (C=O) groups is 3. The van der Waals surface area contributed by atoms with Gasteiger partial charge in [0, 0.05) is 18.4 Å². The second kappa shape index (κ2) is 11.9. The normalized spacial score (nSPS) is 11.3. The Labute approximate surface area is 203 Å². The number of amides is 3. The van der Waals surface area contributed by atoms with E-state index in [0.29, 0.717) is 22.0 Å². The number of hydrogen-bond acceptors (Lipinski definition) is 4. The highest BCUT2D eigenvalue weighted by Crippen LogP contribution is 2.22. The molecule has 0 heterocycles. The van der Waals surface area contributed by atoms with Gasteiger partial charge in [0.05, 0.1) is 29.7 Å². The molecule has 0 spiro atoms. The summed E-state index contributed by atoms with van der Waals surface area (Å²) in [7, 11) is 1.61. The van der Waals surface area contributed by atoms with Crippen molar-refractivity contribution in [3.05, 3.63) is 95.0 Å². The molecule has 0 fully saturated rings. The molecule has 0 radical (unpaired) electrons. The van der Waals surface area contributed by atoms with Crippen LogP contribution >= 0.6 is 11.6 Å². The quantitative estimate of drug-likeness (QED) is 0.450. The molecular weight excluding hydrogens is 454 g/mol. The fourth-order valence-electron chi connectivity index (χ4n) is 3.31. The molecule has 0 aliphatic carbocycles. The van der Waals surface area contributed by atoms with Crippen LogP contribution in [0.15, 0.2) is 78.9 Å². The van der Waals surface area contributed by atoms with Crippen LogP contribution in [0.4, 0.5) is 16.2 Å². The van der Waals surface area contributed by atoms with Crippen LogP contribution in [-0.4, -0.2) is 31.6 Å². The van der Waals surface area contributed by atoms with Crippen LogP contribution in [-0.2, 0) is 9.53 Å². The molecule has 0 saturated carbocycles. The molecule has 8 heteroatoms. The zero-order valence-electron chi connectivity index (χ0n) is 19.0. The van der Waals surface area contributed by atoms with Crippen LogP contribution in [0.2, 0.25) is 5.02 Å². The summed E-state index contributed by atoms with van der Waals surface area (Å²) in [5.41, 5.74) is 2.33. The molecular formula is C26H26ClN3O4. The highest BCUT2D eigenvalue weighted by atomic mass is 35.5. The maximum Gasteiger partial charge on any atom is 0.413 e. The molecule has 1 unspecified atom stereocenters. The van der Waals surface area contributed by atoms with E-state index in [2.05, 4.69) is 10.6 Å².